The molecule has 0 saturated carbocycles. The molecule has 6 nitrogen and oxygen atoms in total. The van der Waals surface area contributed by atoms with Crippen molar-refractivity contribution in [2.75, 3.05) is 35.8 Å². The summed E-state index contributed by atoms with van der Waals surface area (Å²) in [5.41, 5.74) is 2.72. The third-order valence-corrected chi connectivity index (χ3v) is 5.57. The van der Waals surface area contributed by atoms with Crippen LogP contribution in [-0.4, -0.2) is 44.0 Å². The fourth-order valence-electron chi connectivity index (χ4n) is 3.65. The maximum Gasteiger partial charge on any atom is 0.357 e. The topological polar surface area (TPSA) is 72.9 Å². The third-order valence-electron chi connectivity index (χ3n) is 5.07. The SMILES string of the molecule is O=S(=O)(O)Nc1ccc(N2CCN(Cc3ccc4ccccc4c3)CC2)cc1. The summed E-state index contributed by atoms with van der Waals surface area (Å²) in [5, 5.41) is 2.54. The zero-order chi connectivity index (χ0) is 19.6. The van der Waals surface area contributed by atoms with Crippen LogP contribution in [0.4, 0.5) is 11.4 Å². The van der Waals surface area contributed by atoms with Crippen molar-refractivity contribution in [3.05, 3.63) is 72.3 Å². The van der Waals surface area contributed by atoms with E-state index in [2.05, 4.69) is 57.0 Å². The van der Waals surface area contributed by atoms with Crippen molar-refractivity contribution in [2.24, 2.45) is 0 Å². The zero-order valence-electron chi connectivity index (χ0n) is 15.5. The van der Waals surface area contributed by atoms with Gasteiger partial charge in [-0.3, -0.25) is 14.2 Å². The largest absolute Gasteiger partial charge is 0.369 e. The van der Waals surface area contributed by atoms with Gasteiger partial charge in [-0.15, -0.1) is 0 Å². The molecule has 1 aliphatic heterocycles. The van der Waals surface area contributed by atoms with Gasteiger partial charge >= 0.3 is 10.3 Å². The average molecular weight is 398 g/mol. The number of fused-ring (bicyclic) bond motifs is 1. The number of benzene rings is 3. The van der Waals surface area contributed by atoms with Crippen LogP contribution in [0.2, 0.25) is 0 Å². The Morgan fingerprint density at radius 1 is 0.857 bits per heavy atom. The van der Waals surface area contributed by atoms with Crippen LogP contribution in [0, 0.1) is 0 Å². The van der Waals surface area contributed by atoms with Crippen LogP contribution < -0.4 is 9.62 Å². The molecule has 3 aromatic carbocycles. The molecule has 0 radical (unpaired) electrons. The summed E-state index contributed by atoms with van der Waals surface area (Å²) in [4.78, 5) is 4.74. The molecular formula is C21H23N3O3S. The van der Waals surface area contributed by atoms with E-state index in [-0.39, 0.29) is 0 Å². The summed E-state index contributed by atoms with van der Waals surface area (Å²) in [6.45, 7) is 4.71. The molecule has 0 unspecified atom stereocenters. The minimum absolute atomic E-state index is 0.348. The first-order chi connectivity index (χ1) is 13.5. The quantitative estimate of drug-likeness (QED) is 0.646. The molecule has 1 fully saturated rings. The fraction of sp³-hybridized carbons (Fsp3) is 0.238. The van der Waals surface area contributed by atoms with E-state index < -0.39 is 10.3 Å². The normalized spacial score (nSPS) is 15.7. The maximum absolute atomic E-state index is 10.9. The molecular weight excluding hydrogens is 374 g/mol. The molecule has 0 aliphatic carbocycles. The summed E-state index contributed by atoms with van der Waals surface area (Å²) < 4.78 is 32.7. The van der Waals surface area contributed by atoms with Crippen molar-refractivity contribution < 1.29 is 13.0 Å². The highest BCUT2D eigenvalue weighted by molar-refractivity contribution is 7.87. The van der Waals surface area contributed by atoms with Crippen LogP contribution >= 0.6 is 0 Å². The van der Waals surface area contributed by atoms with Crippen molar-refractivity contribution in [1.82, 2.24) is 4.90 Å². The Balaban J connectivity index is 1.35. The van der Waals surface area contributed by atoms with Gasteiger partial charge in [-0.05, 0) is 46.7 Å². The standard InChI is InChI=1S/C21H23N3O3S/c25-28(26,27)22-20-7-9-21(10-8-20)24-13-11-23(12-14-24)16-17-5-6-18-3-1-2-4-19(18)15-17/h1-10,15,22H,11-14,16H2,(H,25,26,27). The number of rotatable bonds is 5. The van der Waals surface area contributed by atoms with E-state index in [9.17, 15) is 8.42 Å². The average Bonchev–Trinajstić information content (AvgIpc) is 2.68. The smallest absolute Gasteiger partial charge is 0.357 e. The zero-order valence-corrected chi connectivity index (χ0v) is 16.3. The summed E-state index contributed by atoms with van der Waals surface area (Å²) in [7, 11) is -4.24. The van der Waals surface area contributed by atoms with E-state index in [0.29, 0.717) is 5.69 Å². The Kier molecular flexibility index (Phi) is 5.21. The van der Waals surface area contributed by atoms with Gasteiger partial charge in [0.1, 0.15) is 0 Å². The van der Waals surface area contributed by atoms with Crippen LogP contribution in [0.5, 0.6) is 0 Å². The van der Waals surface area contributed by atoms with E-state index in [0.717, 1.165) is 38.4 Å². The minimum Gasteiger partial charge on any atom is -0.369 e. The van der Waals surface area contributed by atoms with Crippen LogP contribution in [0.3, 0.4) is 0 Å². The lowest BCUT2D eigenvalue weighted by atomic mass is 10.1. The lowest BCUT2D eigenvalue weighted by Gasteiger charge is -2.36. The molecule has 1 aliphatic rings. The molecule has 0 spiro atoms. The van der Waals surface area contributed by atoms with Crippen LogP contribution in [0.1, 0.15) is 5.56 Å². The molecule has 0 aromatic heterocycles. The molecule has 0 amide bonds. The Morgan fingerprint density at radius 2 is 1.54 bits per heavy atom. The predicted octanol–water partition coefficient (Wildman–Crippen LogP) is 3.38. The van der Waals surface area contributed by atoms with E-state index in [1.54, 1.807) is 12.1 Å². The predicted molar refractivity (Wildman–Crippen MR) is 113 cm³/mol. The monoisotopic (exact) mass is 397 g/mol. The minimum atomic E-state index is -4.24. The Morgan fingerprint density at radius 3 is 2.21 bits per heavy atom. The Hall–Kier alpha value is -2.61. The van der Waals surface area contributed by atoms with Gasteiger partial charge in [0.05, 0.1) is 5.69 Å². The van der Waals surface area contributed by atoms with Gasteiger partial charge in [-0.2, -0.15) is 8.42 Å². The Labute approximate surface area is 165 Å². The second-order valence-corrected chi connectivity index (χ2v) is 8.22. The van der Waals surface area contributed by atoms with Crippen LogP contribution in [0.25, 0.3) is 10.8 Å². The van der Waals surface area contributed by atoms with Crippen molar-refractivity contribution in [2.45, 2.75) is 6.54 Å². The molecule has 4 rings (SSSR count). The number of anilines is 2. The number of piperazine rings is 1. The molecule has 0 bridgehead atoms. The van der Waals surface area contributed by atoms with Gasteiger partial charge in [0.2, 0.25) is 0 Å². The van der Waals surface area contributed by atoms with Crippen molar-refractivity contribution in [3.8, 4) is 0 Å². The molecule has 3 aromatic rings. The van der Waals surface area contributed by atoms with E-state index in [4.69, 9.17) is 4.55 Å². The first kappa shape index (κ1) is 18.7. The van der Waals surface area contributed by atoms with E-state index in [1.165, 1.54) is 16.3 Å². The molecule has 7 heteroatoms. The van der Waals surface area contributed by atoms with Gasteiger partial charge in [0.25, 0.3) is 0 Å². The lowest BCUT2D eigenvalue weighted by Crippen LogP contribution is -2.45. The van der Waals surface area contributed by atoms with Gasteiger partial charge in [-0.25, -0.2) is 0 Å². The summed E-state index contributed by atoms with van der Waals surface area (Å²) in [6.07, 6.45) is 0. The number of nitrogens with zero attached hydrogens (tertiary/aromatic N) is 2. The fourth-order valence-corrected chi connectivity index (χ4v) is 4.08. The second-order valence-electron chi connectivity index (χ2n) is 7.07. The lowest BCUT2D eigenvalue weighted by molar-refractivity contribution is 0.250. The summed E-state index contributed by atoms with van der Waals surface area (Å²) in [5.74, 6) is 0. The molecule has 2 N–H and O–H groups in total. The van der Waals surface area contributed by atoms with Gasteiger partial charge in [0.15, 0.2) is 0 Å². The van der Waals surface area contributed by atoms with Gasteiger partial charge < -0.3 is 4.90 Å². The first-order valence-electron chi connectivity index (χ1n) is 9.27. The molecule has 28 heavy (non-hydrogen) atoms. The first-order valence-corrected chi connectivity index (χ1v) is 10.7. The summed E-state index contributed by atoms with van der Waals surface area (Å²) >= 11 is 0. The van der Waals surface area contributed by atoms with Crippen molar-refractivity contribution in [3.63, 3.8) is 0 Å². The van der Waals surface area contributed by atoms with Crippen molar-refractivity contribution >= 4 is 32.5 Å². The summed E-state index contributed by atoms with van der Waals surface area (Å²) in [6, 6.07) is 22.1. The van der Waals surface area contributed by atoms with E-state index in [1.807, 2.05) is 12.1 Å². The number of hydrogen-bond acceptors (Lipinski definition) is 4. The molecule has 1 heterocycles. The third kappa shape index (κ3) is 4.62. The van der Waals surface area contributed by atoms with E-state index >= 15 is 0 Å². The van der Waals surface area contributed by atoms with Gasteiger partial charge in [-0.1, -0.05) is 36.4 Å². The Bertz CT molecular complexity index is 1060. The number of hydrogen-bond donors (Lipinski definition) is 2. The van der Waals surface area contributed by atoms with Crippen LogP contribution in [-0.2, 0) is 16.8 Å². The highest BCUT2D eigenvalue weighted by Crippen LogP contribution is 2.21. The number of nitrogens with one attached hydrogen (secondary N) is 1. The maximum atomic E-state index is 10.9. The van der Waals surface area contributed by atoms with Crippen molar-refractivity contribution in [1.29, 1.82) is 0 Å². The van der Waals surface area contributed by atoms with Gasteiger partial charge in [0, 0.05) is 38.4 Å². The molecule has 146 valence electrons. The highest BCUT2D eigenvalue weighted by atomic mass is 32.2. The highest BCUT2D eigenvalue weighted by Gasteiger charge is 2.17. The second kappa shape index (κ2) is 7.79. The van der Waals surface area contributed by atoms with Crippen LogP contribution in [0.15, 0.2) is 66.7 Å². The molecule has 1 saturated heterocycles. The molecule has 0 atom stereocenters.